The molecule has 7 nitrogen and oxygen atoms in total. The Morgan fingerprint density at radius 3 is 2.07 bits per heavy atom. The molecule has 158 valence electrons. The molecule has 0 bridgehead atoms. The Kier molecular flexibility index (Phi) is 6.88. The number of likely N-dealkylation sites (N-methyl/N-ethyl adjacent to an activating group) is 1. The molecule has 2 rings (SSSR count). The zero-order valence-electron chi connectivity index (χ0n) is 15.2. The predicted octanol–water partition coefficient (Wildman–Crippen LogP) is 2.67. The summed E-state index contributed by atoms with van der Waals surface area (Å²) in [6, 6.07) is 13.3. The molecule has 2 aromatic carbocycles. The van der Waals surface area contributed by atoms with Crippen LogP contribution in [-0.2, 0) is 14.6 Å². The van der Waals surface area contributed by atoms with Gasteiger partial charge in [0.1, 0.15) is 11.5 Å². The molecule has 0 saturated heterocycles. The summed E-state index contributed by atoms with van der Waals surface area (Å²) < 4.78 is 71.6. The fourth-order valence-electron chi connectivity index (χ4n) is 2.61. The van der Waals surface area contributed by atoms with Gasteiger partial charge in [0.25, 0.3) is 5.91 Å². The van der Waals surface area contributed by atoms with E-state index in [1.165, 1.54) is 19.1 Å². The van der Waals surface area contributed by atoms with Crippen molar-refractivity contribution in [2.75, 3.05) is 12.3 Å². The van der Waals surface area contributed by atoms with E-state index in [4.69, 9.17) is 9.94 Å². The largest absolute Gasteiger partial charge is 0.457 e. The van der Waals surface area contributed by atoms with Crippen LogP contribution in [0.4, 0.5) is 13.2 Å². The first kappa shape index (κ1) is 22.7. The number of para-hydroxylation sites is 1. The Morgan fingerprint density at radius 1 is 1.03 bits per heavy atom. The highest BCUT2D eigenvalue weighted by Crippen LogP contribution is 2.34. The van der Waals surface area contributed by atoms with Crippen LogP contribution in [0.2, 0.25) is 0 Å². The highest BCUT2D eigenvalue weighted by molar-refractivity contribution is 7.91. The number of sulfone groups is 1. The number of hydrogen-bond acceptors (Lipinski definition) is 6. The van der Waals surface area contributed by atoms with Gasteiger partial charge in [-0.25, -0.2) is 13.9 Å². The summed E-state index contributed by atoms with van der Waals surface area (Å²) in [5.74, 6) is -2.79. The maximum Gasteiger partial charge on any atom is 0.416 e. The third-order valence-electron chi connectivity index (χ3n) is 4.02. The fourth-order valence-corrected chi connectivity index (χ4v) is 4.30. The average Bonchev–Trinajstić information content (AvgIpc) is 2.67. The van der Waals surface area contributed by atoms with Gasteiger partial charge in [0, 0.05) is 0 Å². The smallest absolute Gasteiger partial charge is 0.416 e. The first-order chi connectivity index (χ1) is 13.6. The van der Waals surface area contributed by atoms with E-state index in [0.717, 1.165) is 17.6 Å². The lowest BCUT2D eigenvalue weighted by molar-refractivity contribution is -0.198. The van der Waals surface area contributed by atoms with E-state index in [1.807, 2.05) is 5.32 Å². The second-order valence-corrected chi connectivity index (χ2v) is 8.01. The van der Waals surface area contributed by atoms with E-state index in [-0.39, 0.29) is 12.3 Å². The van der Waals surface area contributed by atoms with Crippen molar-refractivity contribution in [1.29, 1.82) is 0 Å². The molecule has 1 atom stereocenters. The van der Waals surface area contributed by atoms with E-state index in [0.29, 0.717) is 5.75 Å². The molecule has 0 heterocycles. The molecule has 0 radical (unpaired) electrons. The number of halogens is 3. The summed E-state index contributed by atoms with van der Waals surface area (Å²) in [7, 11) is -4.58. The quantitative estimate of drug-likeness (QED) is 0.438. The number of nitrogens with one attached hydrogen (secondary N) is 2. The molecule has 3 N–H and O–H groups in total. The highest BCUT2D eigenvalue weighted by atomic mass is 32.2. The van der Waals surface area contributed by atoms with Crippen molar-refractivity contribution >= 4 is 15.7 Å². The molecule has 11 heteroatoms. The van der Waals surface area contributed by atoms with Crippen LogP contribution in [0, 0.1) is 0 Å². The monoisotopic (exact) mass is 432 g/mol. The topological polar surface area (TPSA) is 105 Å². The second-order valence-electron chi connectivity index (χ2n) is 6.02. The van der Waals surface area contributed by atoms with Gasteiger partial charge in [0.05, 0.1) is 10.6 Å². The molecular weight excluding hydrogens is 413 g/mol. The van der Waals surface area contributed by atoms with Gasteiger partial charge < -0.3 is 4.74 Å². The van der Waals surface area contributed by atoms with Crippen LogP contribution >= 0.6 is 0 Å². The van der Waals surface area contributed by atoms with Crippen molar-refractivity contribution in [1.82, 2.24) is 10.8 Å². The van der Waals surface area contributed by atoms with Gasteiger partial charge in [-0.05, 0) is 42.9 Å². The number of amides is 1. The normalized spacial score (nSPS) is 14.1. The van der Waals surface area contributed by atoms with Gasteiger partial charge in [0.2, 0.25) is 5.54 Å². The van der Waals surface area contributed by atoms with Gasteiger partial charge in [-0.2, -0.15) is 13.2 Å². The molecule has 0 aliphatic rings. The molecule has 0 fully saturated rings. The number of hydrogen-bond donors (Lipinski definition) is 3. The van der Waals surface area contributed by atoms with Crippen LogP contribution in [0.3, 0.4) is 0 Å². The number of carbonyl (C=O) groups is 1. The Balaban J connectivity index is 2.33. The standard InChI is InChI=1S/C18H19F3N2O5S/c1-2-22-17(16(24)23-25,18(19,20)21)12-29(26,27)15-10-8-14(9-11-15)28-13-6-4-3-5-7-13/h3-11,22,25H,2,12H2,1H3,(H,23,24). The maximum atomic E-state index is 13.6. The fraction of sp³-hybridized carbons (Fsp3) is 0.278. The van der Waals surface area contributed by atoms with Gasteiger partial charge in [-0.15, -0.1) is 0 Å². The highest BCUT2D eigenvalue weighted by Gasteiger charge is 2.62. The van der Waals surface area contributed by atoms with Crippen LogP contribution in [0.25, 0.3) is 0 Å². The summed E-state index contributed by atoms with van der Waals surface area (Å²) in [6.07, 6.45) is -5.29. The Labute approximate surface area is 165 Å². The van der Waals surface area contributed by atoms with Crippen LogP contribution in [0.1, 0.15) is 6.92 Å². The van der Waals surface area contributed by atoms with Crippen molar-refractivity contribution < 1.29 is 36.3 Å². The van der Waals surface area contributed by atoms with Crippen molar-refractivity contribution in [2.45, 2.75) is 23.5 Å². The first-order valence-electron chi connectivity index (χ1n) is 8.38. The van der Waals surface area contributed by atoms with E-state index in [2.05, 4.69) is 0 Å². The molecule has 1 amide bonds. The lowest BCUT2D eigenvalue weighted by Crippen LogP contribution is -2.68. The van der Waals surface area contributed by atoms with Crippen molar-refractivity contribution in [3.05, 3.63) is 54.6 Å². The summed E-state index contributed by atoms with van der Waals surface area (Å²) in [4.78, 5) is 11.4. The Bertz CT molecular complexity index is 934. The van der Waals surface area contributed by atoms with Crippen molar-refractivity contribution in [3.63, 3.8) is 0 Å². The first-order valence-corrected chi connectivity index (χ1v) is 10.0. The van der Waals surface area contributed by atoms with Gasteiger partial charge in [-0.1, -0.05) is 25.1 Å². The van der Waals surface area contributed by atoms with Crippen LogP contribution in [-0.4, -0.2) is 43.5 Å². The summed E-state index contributed by atoms with van der Waals surface area (Å²) in [5.41, 5.74) is -2.62. The average molecular weight is 432 g/mol. The SMILES string of the molecule is CCNC(CS(=O)(=O)c1ccc(Oc2ccccc2)cc1)(C(=O)NO)C(F)(F)F. The number of benzene rings is 2. The summed E-state index contributed by atoms with van der Waals surface area (Å²) >= 11 is 0. The molecular formula is C18H19F3N2O5S. The van der Waals surface area contributed by atoms with E-state index >= 15 is 0 Å². The van der Waals surface area contributed by atoms with Gasteiger partial charge >= 0.3 is 6.18 Å². The summed E-state index contributed by atoms with van der Waals surface area (Å²) in [6.45, 7) is 0.903. The van der Waals surface area contributed by atoms with Crippen LogP contribution in [0.15, 0.2) is 59.5 Å². The molecule has 1 unspecified atom stereocenters. The van der Waals surface area contributed by atoms with Crippen LogP contribution < -0.4 is 15.5 Å². The molecule has 0 saturated carbocycles. The van der Waals surface area contributed by atoms with E-state index in [9.17, 15) is 26.4 Å². The second kappa shape index (κ2) is 8.80. The number of hydroxylamine groups is 1. The van der Waals surface area contributed by atoms with Gasteiger partial charge in [0.15, 0.2) is 9.84 Å². The zero-order chi connectivity index (χ0) is 21.7. The van der Waals surface area contributed by atoms with E-state index < -0.39 is 38.1 Å². The lowest BCUT2D eigenvalue weighted by atomic mass is 10.0. The Hall–Kier alpha value is -2.63. The Morgan fingerprint density at radius 2 is 1.59 bits per heavy atom. The molecule has 0 aromatic heterocycles. The number of ether oxygens (including phenoxy) is 1. The molecule has 29 heavy (non-hydrogen) atoms. The third-order valence-corrected chi connectivity index (χ3v) is 5.82. The number of alkyl halides is 3. The number of carbonyl (C=O) groups excluding carboxylic acids is 1. The maximum absolute atomic E-state index is 13.6. The van der Waals surface area contributed by atoms with Crippen LogP contribution in [0.5, 0.6) is 11.5 Å². The predicted molar refractivity (Wildman–Crippen MR) is 97.4 cm³/mol. The molecule has 0 aliphatic heterocycles. The van der Waals surface area contributed by atoms with Crippen molar-refractivity contribution in [3.8, 4) is 11.5 Å². The molecule has 0 spiro atoms. The van der Waals surface area contributed by atoms with E-state index in [1.54, 1.807) is 30.3 Å². The lowest BCUT2D eigenvalue weighted by Gasteiger charge is -2.33. The minimum absolute atomic E-state index is 0.275. The van der Waals surface area contributed by atoms with Crippen molar-refractivity contribution in [2.24, 2.45) is 0 Å². The summed E-state index contributed by atoms with van der Waals surface area (Å²) in [5, 5.41) is 10.6. The molecule has 0 aliphatic carbocycles. The minimum atomic E-state index is -5.29. The zero-order valence-corrected chi connectivity index (χ0v) is 16.0. The minimum Gasteiger partial charge on any atom is -0.457 e. The number of rotatable bonds is 8. The molecule has 2 aromatic rings. The van der Waals surface area contributed by atoms with Gasteiger partial charge in [-0.3, -0.25) is 15.3 Å². The third kappa shape index (κ3) is 5.05.